The van der Waals surface area contributed by atoms with E-state index in [-0.39, 0.29) is 0 Å². The van der Waals surface area contributed by atoms with Gasteiger partial charge < -0.3 is 5.11 Å². The summed E-state index contributed by atoms with van der Waals surface area (Å²) < 4.78 is 0. The highest BCUT2D eigenvalue weighted by molar-refractivity contribution is 5.87. The van der Waals surface area contributed by atoms with Crippen molar-refractivity contribution in [3.8, 4) is 0 Å². The number of fused-ring (bicyclic) bond motifs is 1. The maximum absolute atomic E-state index is 10.8. The van der Waals surface area contributed by atoms with E-state index in [1.54, 1.807) is 6.92 Å². The van der Waals surface area contributed by atoms with Gasteiger partial charge in [-0.3, -0.25) is 9.89 Å². The van der Waals surface area contributed by atoms with E-state index in [1.165, 1.54) is 0 Å². The second-order valence-electron chi connectivity index (χ2n) is 3.21. The van der Waals surface area contributed by atoms with Crippen molar-refractivity contribution in [1.29, 1.82) is 0 Å². The second-order valence-corrected chi connectivity index (χ2v) is 3.21. The van der Waals surface area contributed by atoms with Crippen molar-refractivity contribution in [2.45, 2.75) is 12.8 Å². The summed E-state index contributed by atoms with van der Waals surface area (Å²) in [5.74, 6) is -1.44. The molecule has 0 amide bonds. The number of benzene rings is 1. The minimum absolute atomic E-state index is 0.578. The lowest BCUT2D eigenvalue weighted by atomic mass is 10.0. The Balaban J connectivity index is 2.58. The number of aliphatic carboxylic acids is 1. The van der Waals surface area contributed by atoms with Gasteiger partial charge in [-0.05, 0) is 13.0 Å². The molecule has 0 saturated heterocycles. The molecule has 0 aliphatic heterocycles. The topological polar surface area (TPSA) is 66.0 Å². The largest absolute Gasteiger partial charge is 0.481 e. The van der Waals surface area contributed by atoms with Crippen LogP contribution < -0.4 is 0 Å². The Morgan fingerprint density at radius 1 is 1.50 bits per heavy atom. The summed E-state index contributed by atoms with van der Waals surface area (Å²) in [5, 5.41) is 16.6. The monoisotopic (exact) mass is 190 g/mol. The molecule has 0 aliphatic rings. The molecule has 0 saturated carbocycles. The molecule has 4 heteroatoms. The number of nitrogens with zero attached hydrogens (tertiary/aromatic N) is 1. The molecule has 72 valence electrons. The maximum Gasteiger partial charge on any atom is 0.312 e. The Morgan fingerprint density at radius 3 is 2.93 bits per heavy atom. The van der Waals surface area contributed by atoms with Crippen LogP contribution in [0, 0.1) is 0 Å². The zero-order valence-corrected chi connectivity index (χ0v) is 7.69. The third-order valence-electron chi connectivity index (χ3n) is 2.28. The smallest absolute Gasteiger partial charge is 0.312 e. The van der Waals surface area contributed by atoms with E-state index in [1.807, 2.05) is 24.3 Å². The first-order valence-electron chi connectivity index (χ1n) is 4.36. The van der Waals surface area contributed by atoms with Gasteiger partial charge in [-0.2, -0.15) is 5.10 Å². The molecule has 0 spiro atoms. The third-order valence-corrected chi connectivity index (χ3v) is 2.28. The molecule has 4 nitrogen and oxygen atoms in total. The summed E-state index contributed by atoms with van der Waals surface area (Å²) in [6.07, 6.45) is 0. The van der Waals surface area contributed by atoms with Crippen molar-refractivity contribution in [1.82, 2.24) is 10.2 Å². The average molecular weight is 190 g/mol. The van der Waals surface area contributed by atoms with E-state index in [2.05, 4.69) is 10.2 Å². The molecule has 1 unspecified atom stereocenters. The second kappa shape index (κ2) is 3.14. The van der Waals surface area contributed by atoms with Crippen LogP contribution in [0.1, 0.15) is 18.5 Å². The van der Waals surface area contributed by atoms with Gasteiger partial charge in [0, 0.05) is 5.39 Å². The summed E-state index contributed by atoms with van der Waals surface area (Å²) >= 11 is 0. The van der Waals surface area contributed by atoms with Gasteiger partial charge in [0.05, 0.1) is 17.1 Å². The van der Waals surface area contributed by atoms with E-state index >= 15 is 0 Å². The van der Waals surface area contributed by atoms with Gasteiger partial charge in [0.2, 0.25) is 0 Å². The van der Waals surface area contributed by atoms with Crippen LogP contribution in [-0.4, -0.2) is 21.3 Å². The summed E-state index contributed by atoms with van der Waals surface area (Å²) in [6.45, 7) is 1.63. The highest BCUT2D eigenvalue weighted by Crippen LogP contribution is 2.22. The van der Waals surface area contributed by atoms with Crippen molar-refractivity contribution in [2.75, 3.05) is 0 Å². The van der Waals surface area contributed by atoms with Crippen LogP contribution in [0.2, 0.25) is 0 Å². The highest BCUT2D eigenvalue weighted by atomic mass is 16.4. The van der Waals surface area contributed by atoms with Crippen LogP contribution in [0.5, 0.6) is 0 Å². The van der Waals surface area contributed by atoms with Crippen molar-refractivity contribution in [3.63, 3.8) is 0 Å². The van der Waals surface area contributed by atoms with Gasteiger partial charge in [0.15, 0.2) is 0 Å². The maximum atomic E-state index is 10.8. The van der Waals surface area contributed by atoms with E-state index in [4.69, 9.17) is 5.11 Å². The minimum Gasteiger partial charge on any atom is -0.481 e. The molecule has 0 aliphatic carbocycles. The average Bonchev–Trinajstić information content (AvgIpc) is 2.60. The molecule has 1 aromatic heterocycles. The fourth-order valence-corrected chi connectivity index (χ4v) is 1.43. The first-order chi connectivity index (χ1) is 6.70. The van der Waals surface area contributed by atoms with Crippen LogP contribution >= 0.6 is 0 Å². The van der Waals surface area contributed by atoms with Gasteiger partial charge in [0.25, 0.3) is 0 Å². The Bertz CT molecular complexity index is 476. The molecule has 2 aromatic rings. The molecule has 1 atom stereocenters. The number of nitrogens with one attached hydrogen (secondary N) is 1. The van der Waals surface area contributed by atoms with E-state index in [9.17, 15) is 4.79 Å². The van der Waals surface area contributed by atoms with E-state index in [0.717, 1.165) is 10.9 Å². The highest BCUT2D eigenvalue weighted by Gasteiger charge is 2.18. The van der Waals surface area contributed by atoms with E-state index < -0.39 is 11.9 Å². The van der Waals surface area contributed by atoms with Crippen LogP contribution in [0.3, 0.4) is 0 Å². The number of carboxylic acids is 1. The first kappa shape index (κ1) is 8.74. The van der Waals surface area contributed by atoms with Gasteiger partial charge in [-0.1, -0.05) is 18.2 Å². The number of carbonyl (C=O) groups is 1. The summed E-state index contributed by atoms with van der Waals surface area (Å²) in [5.41, 5.74) is 1.46. The lowest BCUT2D eigenvalue weighted by molar-refractivity contribution is -0.138. The summed E-state index contributed by atoms with van der Waals surface area (Å²) in [4.78, 5) is 10.8. The molecule has 0 radical (unpaired) electrons. The van der Waals surface area contributed by atoms with Gasteiger partial charge in [-0.25, -0.2) is 0 Å². The van der Waals surface area contributed by atoms with Crippen molar-refractivity contribution in [3.05, 3.63) is 30.0 Å². The minimum atomic E-state index is -0.859. The van der Waals surface area contributed by atoms with Crippen LogP contribution in [0.25, 0.3) is 10.9 Å². The van der Waals surface area contributed by atoms with E-state index in [0.29, 0.717) is 5.69 Å². The fraction of sp³-hybridized carbons (Fsp3) is 0.200. The number of aromatic amines is 1. The summed E-state index contributed by atoms with van der Waals surface area (Å²) in [7, 11) is 0. The predicted molar refractivity (Wildman–Crippen MR) is 52.1 cm³/mol. The molecular weight excluding hydrogens is 180 g/mol. The van der Waals surface area contributed by atoms with Crippen LogP contribution in [0.15, 0.2) is 24.3 Å². The number of carboxylic acid groups (broad SMARTS) is 1. The standard InChI is InChI=1S/C10H10N2O2/c1-6(10(13)14)9-7-4-2-3-5-8(7)11-12-9/h2-6H,1H3,(H,11,12)(H,13,14). The SMILES string of the molecule is CC(C(=O)O)c1n[nH]c2ccccc12. The third kappa shape index (κ3) is 1.25. The van der Waals surface area contributed by atoms with Gasteiger partial charge in [0.1, 0.15) is 0 Å². The molecular formula is C10H10N2O2. The van der Waals surface area contributed by atoms with Crippen LogP contribution in [0.4, 0.5) is 0 Å². The zero-order chi connectivity index (χ0) is 10.1. The normalized spacial score (nSPS) is 12.9. The first-order valence-corrected chi connectivity index (χ1v) is 4.36. The van der Waals surface area contributed by atoms with Gasteiger partial charge >= 0.3 is 5.97 Å². The van der Waals surface area contributed by atoms with Crippen molar-refractivity contribution in [2.24, 2.45) is 0 Å². The number of hydrogen-bond donors (Lipinski definition) is 2. The Labute approximate surface area is 80.6 Å². The number of H-pyrrole nitrogens is 1. The number of aromatic nitrogens is 2. The predicted octanol–water partition coefficient (Wildman–Crippen LogP) is 1.75. The molecule has 0 bridgehead atoms. The number of rotatable bonds is 2. The Morgan fingerprint density at radius 2 is 2.21 bits per heavy atom. The molecule has 0 fully saturated rings. The molecule has 1 heterocycles. The number of hydrogen-bond acceptors (Lipinski definition) is 2. The molecule has 2 N–H and O–H groups in total. The quantitative estimate of drug-likeness (QED) is 0.758. The lowest BCUT2D eigenvalue weighted by Crippen LogP contribution is -2.07. The van der Waals surface area contributed by atoms with Crippen LogP contribution in [-0.2, 0) is 4.79 Å². The lowest BCUT2D eigenvalue weighted by Gasteiger charge is -2.01. The van der Waals surface area contributed by atoms with Gasteiger partial charge in [-0.15, -0.1) is 0 Å². The fourth-order valence-electron chi connectivity index (χ4n) is 1.43. The van der Waals surface area contributed by atoms with Crippen molar-refractivity contribution >= 4 is 16.9 Å². The van der Waals surface area contributed by atoms with Crippen molar-refractivity contribution < 1.29 is 9.90 Å². The number of para-hydroxylation sites is 1. The molecule has 2 rings (SSSR count). The zero-order valence-electron chi connectivity index (χ0n) is 7.69. The summed E-state index contributed by atoms with van der Waals surface area (Å²) in [6, 6.07) is 7.50. The molecule has 14 heavy (non-hydrogen) atoms. The Kier molecular flexibility index (Phi) is 1.96. The Hall–Kier alpha value is -1.84. The molecule has 1 aromatic carbocycles.